The molecule has 0 bridgehead atoms. The van der Waals surface area contributed by atoms with Crippen LogP contribution in [0, 0.1) is 0 Å². The monoisotopic (exact) mass is 325 g/mol. The summed E-state index contributed by atoms with van der Waals surface area (Å²) in [6.45, 7) is 3.11. The lowest BCUT2D eigenvalue weighted by atomic mass is 10.1. The van der Waals surface area contributed by atoms with Crippen molar-refractivity contribution in [2.75, 3.05) is 11.9 Å². The number of Topliss-reactive ketones (excluding diaryl/α,β-unsaturated/α-hetero) is 1. The van der Waals surface area contributed by atoms with Crippen LogP contribution in [0.2, 0.25) is 0 Å². The zero-order valence-electron chi connectivity index (χ0n) is 13.7. The van der Waals surface area contributed by atoms with Gasteiger partial charge in [-0.1, -0.05) is 19.1 Å². The zero-order chi connectivity index (χ0) is 17.5. The maximum absolute atomic E-state index is 12.0. The third-order valence-electron chi connectivity index (χ3n) is 3.46. The van der Waals surface area contributed by atoms with Gasteiger partial charge in [0.1, 0.15) is 0 Å². The van der Waals surface area contributed by atoms with Gasteiger partial charge >= 0.3 is 5.97 Å². The molecule has 2 aromatic carbocycles. The molecule has 2 rings (SSSR count). The lowest BCUT2D eigenvalue weighted by molar-refractivity contribution is -0.114. The van der Waals surface area contributed by atoms with Crippen LogP contribution in [0.4, 0.5) is 5.69 Å². The molecule has 0 aliphatic carbocycles. The molecular formula is C19H19NO4. The molecule has 5 nitrogen and oxygen atoms in total. The van der Waals surface area contributed by atoms with E-state index in [2.05, 4.69) is 5.32 Å². The molecule has 0 aliphatic rings. The number of ether oxygens (including phenoxy) is 1. The minimum atomic E-state index is -0.527. The van der Waals surface area contributed by atoms with E-state index in [0.29, 0.717) is 16.8 Å². The predicted octanol–water partition coefficient (Wildman–Crippen LogP) is 3.25. The van der Waals surface area contributed by atoms with E-state index in [-0.39, 0.29) is 18.3 Å². The van der Waals surface area contributed by atoms with Crippen molar-refractivity contribution in [3.63, 3.8) is 0 Å². The van der Waals surface area contributed by atoms with Crippen molar-refractivity contribution in [2.24, 2.45) is 0 Å². The van der Waals surface area contributed by atoms with Crippen LogP contribution in [0.15, 0.2) is 48.5 Å². The van der Waals surface area contributed by atoms with E-state index in [1.165, 1.54) is 6.92 Å². The second-order valence-electron chi connectivity index (χ2n) is 5.31. The van der Waals surface area contributed by atoms with Crippen LogP contribution in [-0.4, -0.2) is 24.3 Å². The van der Waals surface area contributed by atoms with Crippen molar-refractivity contribution < 1.29 is 19.1 Å². The van der Waals surface area contributed by atoms with E-state index >= 15 is 0 Å². The van der Waals surface area contributed by atoms with Gasteiger partial charge in [0.2, 0.25) is 5.91 Å². The quantitative estimate of drug-likeness (QED) is 0.653. The summed E-state index contributed by atoms with van der Waals surface area (Å²) in [6.07, 6.45) is 0.891. The fourth-order valence-corrected chi connectivity index (χ4v) is 2.12. The first-order valence-corrected chi connectivity index (χ1v) is 7.66. The van der Waals surface area contributed by atoms with Crippen molar-refractivity contribution in [1.29, 1.82) is 0 Å². The lowest BCUT2D eigenvalue weighted by Gasteiger charge is -2.06. The normalized spacial score (nSPS) is 10.1. The van der Waals surface area contributed by atoms with Gasteiger partial charge < -0.3 is 10.1 Å². The Bertz CT molecular complexity index is 733. The number of nitrogens with one attached hydrogen (secondary N) is 1. The summed E-state index contributed by atoms with van der Waals surface area (Å²) in [6, 6.07) is 13.5. The summed E-state index contributed by atoms with van der Waals surface area (Å²) in [4.78, 5) is 34.9. The molecular weight excluding hydrogens is 306 g/mol. The molecule has 0 aliphatic heterocycles. The molecule has 1 N–H and O–H groups in total. The minimum absolute atomic E-state index is 0.183. The maximum atomic E-state index is 12.0. The number of rotatable bonds is 6. The molecule has 0 spiro atoms. The van der Waals surface area contributed by atoms with Gasteiger partial charge in [-0.25, -0.2) is 4.79 Å². The van der Waals surface area contributed by atoms with Gasteiger partial charge in [-0.3, -0.25) is 9.59 Å². The highest BCUT2D eigenvalue weighted by molar-refractivity contribution is 6.00. The topological polar surface area (TPSA) is 72.5 Å². The van der Waals surface area contributed by atoms with Crippen LogP contribution >= 0.6 is 0 Å². The van der Waals surface area contributed by atoms with Crippen LogP contribution in [-0.2, 0) is 16.0 Å². The van der Waals surface area contributed by atoms with Crippen LogP contribution in [0.25, 0.3) is 0 Å². The van der Waals surface area contributed by atoms with E-state index in [0.717, 1.165) is 12.0 Å². The lowest BCUT2D eigenvalue weighted by Crippen LogP contribution is -2.14. The smallest absolute Gasteiger partial charge is 0.338 e. The molecule has 124 valence electrons. The van der Waals surface area contributed by atoms with E-state index < -0.39 is 5.97 Å². The predicted molar refractivity (Wildman–Crippen MR) is 91.2 cm³/mol. The second-order valence-corrected chi connectivity index (χ2v) is 5.31. The van der Waals surface area contributed by atoms with Crippen molar-refractivity contribution in [2.45, 2.75) is 20.3 Å². The van der Waals surface area contributed by atoms with Crippen molar-refractivity contribution in [1.82, 2.24) is 0 Å². The van der Waals surface area contributed by atoms with E-state index in [1.807, 2.05) is 19.1 Å². The Morgan fingerprint density at radius 3 is 2.04 bits per heavy atom. The molecule has 0 unspecified atom stereocenters. The Morgan fingerprint density at radius 2 is 1.50 bits per heavy atom. The number of amides is 1. The molecule has 24 heavy (non-hydrogen) atoms. The van der Waals surface area contributed by atoms with Crippen molar-refractivity contribution in [3.05, 3.63) is 65.2 Å². The Balaban J connectivity index is 1.91. The fraction of sp³-hybridized carbons (Fsp3) is 0.211. The summed E-state index contributed by atoms with van der Waals surface area (Å²) in [7, 11) is 0. The van der Waals surface area contributed by atoms with Gasteiger partial charge in [0.05, 0.1) is 5.56 Å². The number of carbonyl (C=O) groups is 3. The molecule has 0 heterocycles. The zero-order valence-corrected chi connectivity index (χ0v) is 13.7. The second kappa shape index (κ2) is 8.06. The van der Waals surface area contributed by atoms with E-state index in [4.69, 9.17) is 4.74 Å². The van der Waals surface area contributed by atoms with Gasteiger partial charge in [-0.15, -0.1) is 0 Å². The maximum Gasteiger partial charge on any atom is 0.338 e. The average molecular weight is 325 g/mol. The standard InChI is InChI=1S/C19H19NO4/c1-3-14-4-6-16(7-5-14)19(23)24-12-18(22)15-8-10-17(11-9-15)20-13(2)21/h4-11H,3,12H2,1-2H3,(H,20,21). The Labute approximate surface area is 140 Å². The number of carbonyl (C=O) groups excluding carboxylic acids is 3. The van der Waals surface area contributed by atoms with Crippen molar-refractivity contribution >= 4 is 23.3 Å². The number of aryl methyl sites for hydroxylation is 1. The number of esters is 1. The fourth-order valence-electron chi connectivity index (χ4n) is 2.12. The summed E-state index contributed by atoms with van der Waals surface area (Å²) < 4.78 is 5.05. The first kappa shape index (κ1) is 17.4. The van der Waals surface area contributed by atoms with Crippen LogP contribution in [0.1, 0.15) is 40.1 Å². The third-order valence-corrected chi connectivity index (χ3v) is 3.46. The molecule has 0 saturated carbocycles. The van der Waals surface area contributed by atoms with Crippen LogP contribution in [0.3, 0.4) is 0 Å². The number of hydrogen-bond acceptors (Lipinski definition) is 4. The van der Waals surface area contributed by atoms with Gasteiger partial charge in [0.15, 0.2) is 12.4 Å². The van der Waals surface area contributed by atoms with E-state index in [9.17, 15) is 14.4 Å². The summed E-state index contributed by atoms with van der Waals surface area (Å²) in [5.41, 5.74) is 2.56. The SMILES string of the molecule is CCc1ccc(C(=O)OCC(=O)c2ccc(NC(C)=O)cc2)cc1. The van der Waals surface area contributed by atoms with Crippen LogP contribution in [0.5, 0.6) is 0 Å². The van der Waals surface area contributed by atoms with Crippen molar-refractivity contribution in [3.8, 4) is 0 Å². The molecule has 0 fully saturated rings. The van der Waals surface area contributed by atoms with Gasteiger partial charge in [0, 0.05) is 18.2 Å². The summed E-state index contributed by atoms with van der Waals surface area (Å²) >= 11 is 0. The first-order valence-electron chi connectivity index (χ1n) is 7.66. The first-order chi connectivity index (χ1) is 11.5. The molecule has 0 radical (unpaired) electrons. The average Bonchev–Trinajstić information content (AvgIpc) is 2.59. The molecule has 1 amide bonds. The number of benzene rings is 2. The van der Waals surface area contributed by atoms with Gasteiger partial charge in [0.25, 0.3) is 0 Å². The third kappa shape index (κ3) is 4.78. The molecule has 0 aromatic heterocycles. The van der Waals surface area contributed by atoms with Gasteiger partial charge in [-0.2, -0.15) is 0 Å². The Morgan fingerprint density at radius 1 is 0.917 bits per heavy atom. The molecule has 5 heteroatoms. The Hall–Kier alpha value is -2.95. The highest BCUT2D eigenvalue weighted by Crippen LogP contribution is 2.11. The highest BCUT2D eigenvalue weighted by Gasteiger charge is 2.12. The highest BCUT2D eigenvalue weighted by atomic mass is 16.5. The van der Waals surface area contributed by atoms with E-state index in [1.54, 1.807) is 36.4 Å². The van der Waals surface area contributed by atoms with Gasteiger partial charge in [-0.05, 0) is 48.4 Å². The summed E-state index contributed by atoms with van der Waals surface area (Å²) in [5, 5.41) is 2.62. The number of hydrogen-bond donors (Lipinski definition) is 1. The minimum Gasteiger partial charge on any atom is -0.454 e. The molecule has 2 aromatic rings. The Kier molecular flexibility index (Phi) is 5.84. The molecule has 0 saturated heterocycles. The number of anilines is 1. The largest absolute Gasteiger partial charge is 0.454 e. The molecule has 0 atom stereocenters. The summed E-state index contributed by atoms with van der Waals surface area (Å²) in [5.74, 6) is -1.01. The van der Waals surface area contributed by atoms with Crippen LogP contribution < -0.4 is 5.32 Å². The number of ketones is 1.